The molecule has 1 aromatic carbocycles. The first-order valence-electron chi connectivity index (χ1n) is 4.70. The van der Waals surface area contributed by atoms with E-state index in [4.69, 9.17) is 4.74 Å². The minimum absolute atomic E-state index is 0.0716. The van der Waals surface area contributed by atoms with Gasteiger partial charge in [-0.25, -0.2) is 8.78 Å². The van der Waals surface area contributed by atoms with Crippen LogP contribution in [0.25, 0.3) is 0 Å². The standard InChI is InChI=1S/C10H11F2NO3/c1-2-10(11,12)7-16-9-5-3-4-8(6-9)13(14)15/h3-6H,2,7H2,1H3. The van der Waals surface area contributed by atoms with E-state index in [0.717, 1.165) is 6.07 Å². The Labute approximate surface area is 91.0 Å². The lowest BCUT2D eigenvalue weighted by Gasteiger charge is -2.14. The minimum atomic E-state index is -2.91. The van der Waals surface area contributed by atoms with Crippen LogP contribution in [0.2, 0.25) is 0 Å². The second-order valence-electron chi connectivity index (χ2n) is 3.25. The van der Waals surface area contributed by atoms with Crippen LogP contribution in [0.5, 0.6) is 5.75 Å². The van der Waals surface area contributed by atoms with Crippen LogP contribution in [-0.2, 0) is 0 Å². The van der Waals surface area contributed by atoms with E-state index in [2.05, 4.69) is 0 Å². The summed E-state index contributed by atoms with van der Waals surface area (Å²) in [7, 11) is 0. The molecule has 0 saturated carbocycles. The summed E-state index contributed by atoms with van der Waals surface area (Å²) in [6, 6.07) is 5.17. The largest absolute Gasteiger partial charge is 0.487 e. The van der Waals surface area contributed by atoms with Crippen molar-refractivity contribution in [2.45, 2.75) is 19.3 Å². The van der Waals surface area contributed by atoms with Crippen molar-refractivity contribution in [2.24, 2.45) is 0 Å². The van der Waals surface area contributed by atoms with E-state index in [1.807, 2.05) is 0 Å². The summed E-state index contributed by atoms with van der Waals surface area (Å²) in [4.78, 5) is 9.81. The van der Waals surface area contributed by atoms with Gasteiger partial charge in [-0.2, -0.15) is 0 Å². The quantitative estimate of drug-likeness (QED) is 0.578. The maximum atomic E-state index is 12.8. The minimum Gasteiger partial charge on any atom is -0.487 e. The molecule has 0 aliphatic heterocycles. The van der Waals surface area contributed by atoms with Gasteiger partial charge in [-0.1, -0.05) is 13.0 Å². The summed E-state index contributed by atoms with van der Waals surface area (Å²) in [5, 5.41) is 10.4. The van der Waals surface area contributed by atoms with Gasteiger partial charge in [0, 0.05) is 12.5 Å². The maximum Gasteiger partial charge on any atom is 0.281 e. The molecule has 0 fully saturated rings. The molecule has 88 valence electrons. The summed E-state index contributed by atoms with van der Waals surface area (Å²) in [6.45, 7) is 0.571. The molecule has 1 aromatic rings. The number of nitro groups is 1. The monoisotopic (exact) mass is 231 g/mol. The number of halogens is 2. The van der Waals surface area contributed by atoms with Crippen LogP contribution in [0.1, 0.15) is 13.3 Å². The molecular formula is C10H11F2NO3. The third kappa shape index (κ3) is 3.45. The number of hydrogen-bond donors (Lipinski definition) is 0. The Kier molecular flexibility index (Phi) is 3.76. The van der Waals surface area contributed by atoms with E-state index in [1.165, 1.54) is 25.1 Å². The van der Waals surface area contributed by atoms with E-state index < -0.39 is 17.5 Å². The maximum absolute atomic E-state index is 12.8. The lowest BCUT2D eigenvalue weighted by molar-refractivity contribution is -0.385. The molecule has 16 heavy (non-hydrogen) atoms. The van der Waals surface area contributed by atoms with Gasteiger partial charge in [-0.05, 0) is 6.07 Å². The van der Waals surface area contributed by atoms with E-state index in [-0.39, 0.29) is 17.9 Å². The number of alkyl halides is 2. The van der Waals surface area contributed by atoms with Crippen molar-refractivity contribution >= 4 is 5.69 Å². The Balaban J connectivity index is 2.68. The molecule has 0 atom stereocenters. The summed E-state index contributed by atoms with van der Waals surface area (Å²) in [5.74, 6) is -2.84. The van der Waals surface area contributed by atoms with Gasteiger partial charge < -0.3 is 4.74 Å². The molecule has 0 saturated heterocycles. The van der Waals surface area contributed by atoms with Gasteiger partial charge in [0.05, 0.1) is 11.0 Å². The van der Waals surface area contributed by atoms with Crippen LogP contribution in [0.15, 0.2) is 24.3 Å². The number of nitro benzene ring substituents is 1. The third-order valence-corrected chi connectivity index (χ3v) is 2.00. The second kappa shape index (κ2) is 4.87. The van der Waals surface area contributed by atoms with Crippen molar-refractivity contribution < 1.29 is 18.4 Å². The Morgan fingerprint density at radius 1 is 1.50 bits per heavy atom. The van der Waals surface area contributed by atoms with Gasteiger partial charge in [0.15, 0.2) is 6.61 Å². The topological polar surface area (TPSA) is 52.4 Å². The van der Waals surface area contributed by atoms with E-state index in [1.54, 1.807) is 0 Å². The van der Waals surface area contributed by atoms with Crippen LogP contribution in [0, 0.1) is 10.1 Å². The number of non-ortho nitro benzene ring substituents is 1. The number of ether oxygens (including phenoxy) is 1. The lowest BCUT2D eigenvalue weighted by Crippen LogP contribution is -2.24. The van der Waals surface area contributed by atoms with Gasteiger partial charge in [0.1, 0.15) is 5.75 Å². The molecule has 4 nitrogen and oxygen atoms in total. The highest BCUT2D eigenvalue weighted by atomic mass is 19.3. The molecule has 0 unspecified atom stereocenters. The molecule has 0 aliphatic carbocycles. The fourth-order valence-electron chi connectivity index (χ4n) is 0.978. The van der Waals surface area contributed by atoms with Crippen molar-refractivity contribution in [3.63, 3.8) is 0 Å². The predicted molar refractivity (Wildman–Crippen MR) is 53.8 cm³/mol. The molecule has 0 radical (unpaired) electrons. The highest BCUT2D eigenvalue weighted by molar-refractivity contribution is 5.37. The highest BCUT2D eigenvalue weighted by Crippen LogP contribution is 2.23. The first-order chi connectivity index (χ1) is 7.44. The van der Waals surface area contributed by atoms with Crippen LogP contribution < -0.4 is 4.74 Å². The number of rotatable bonds is 5. The molecule has 0 aromatic heterocycles. The van der Waals surface area contributed by atoms with Crippen LogP contribution in [0.3, 0.4) is 0 Å². The summed E-state index contributed by atoms with van der Waals surface area (Å²) < 4.78 is 30.5. The number of nitrogens with zero attached hydrogens (tertiary/aromatic N) is 1. The third-order valence-electron chi connectivity index (χ3n) is 2.00. The molecule has 1 rings (SSSR count). The molecule has 0 amide bonds. The lowest BCUT2D eigenvalue weighted by atomic mass is 10.3. The summed E-state index contributed by atoms with van der Waals surface area (Å²) >= 11 is 0. The number of benzene rings is 1. The Morgan fingerprint density at radius 3 is 2.75 bits per heavy atom. The molecule has 0 spiro atoms. The van der Waals surface area contributed by atoms with Crippen LogP contribution in [-0.4, -0.2) is 17.5 Å². The predicted octanol–water partition coefficient (Wildman–Crippen LogP) is 3.02. The summed E-state index contributed by atoms with van der Waals surface area (Å²) in [5.41, 5.74) is -0.183. The van der Waals surface area contributed by atoms with Gasteiger partial charge in [0.2, 0.25) is 0 Å². The molecule has 0 bridgehead atoms. The number of hydrogen-bond acceptors (Lipinski definition) is 3. The van der Waals surface area contributed by atoms with Gasteiger partial charge >= 0.3 is 0 Å². The molecule has 0 N–H and O–H groups in total. The Bertz CT molecular complexity index is 382. The molecule has 0 aliphatic rings. The van der Waals surface area contributed by atoms with Gasteiger partial charge in [-0.3, -0.25) is 10.1 Å². The van der Waals surface area contributed by atoms with E-state index >= 15 is 0 Å². The van der Waals surface area contributed by atoms with Crippen LogP contribution >= 0.6 is 0 Å². The van der Waals surface area contributed by atoms with Crippen molar-refractivity contribution in [1.29, 1.82) is 0 Å². The summed E-state index contributed by atoms with van der Waals surface area (Å²) in [6.07, 6.45) is -0.331. The Hall–Kier alpha value is -1.72. The van der Waals surface area contributed by atoms with Crippen molar-refractivity contribution in [3.05, 3.63) is 34.4 Å². The van der Waals surface area contributed by atoms with Crippen molar-refractivity contribution in [2.75, 3.05) is 6.61 Å². The average molecular weight is 231 g/mol. The van der Waals surface area contributed by atoms with Crippen LogP contribution in [0.4, 0.5) is 14.5 Å². The SMILES string of the molecule is CCC(F)(F)COc1cccc([N+](=O)[O-])c1. The average Bonchev–Trinajstić information content (AvgIpc) is 2.27. The zero-order valence-corrected chi connectivity index (χ0v) is 8.65. The first kappa shape index (κ1) is 12.4. The van der Waals surface area contributed by atoms with E-state index in [0.29, 0.717) is 0 Å². The molecular weight excluding hydrogens is 220 g/mol. The fraction of sp³-hybridized carbons (Fsp3) is 0.400. The zero-order chi connectivity index (χ0) is 12.2. The smallest absolute Gasteiger partial charge is 0.281 e. The fourth-order valence-corrected chi connectivity index (χ4v) is 0.978. The van der Waals surface area contributed by atoms with E-state index in [9.17, 15) is 18.9 Å². The normalized spacial score (nSPS) is 11.2. The molecule has 0 heterocycles. The van der Waals surface area contributed by atoms with Crippen molar-refractivity contribution in [1.82, 2.24) is 0 Å². The Morgan fingerprint density at radius 2 is 2.19 bits per heavy atom. The highest BCUT2D eigenvalue weighted by Gasteiger charge is 2.27. The second-order valence-corrected chi connectivity index (χ2v) is 3.25. The molecule has 6 heteroatoms. The van der Waals surface area contributed by atoms with Crippen molar-refractivity contribution in [3.8, 4) is 5.75 Å². The van der Waals surface area contributed by atoms with Gasteiger partial charge in [-0.15, -0.1) is 0 Å². The zero-order valence-electron chi connectivity index (χ0n) is 8.65. The first-order valence-corrected chi connectivity index (χ1v) is 4.70. The van der Waals surface area contributed by atoms with Gasteiger partial charge in [0.25, 0.3) is 11.6 Å².